The van der Waals surface area contributed by atoms with Gasteiger partial charge in [-0.2, -0.15) is 0 Å². The fourth-order valence-electron chi connectivity index (χ4n) is 3.98. The molecule has 1 aliphatic heterocycles. The molecule has 8 nitrogen and oxygen atoms in total. The third-order valence-electron chi connectivity index (χ3n) is 5.54. The highest BCUT2D eigenvalue weighted by molar-refractivity contribution is 5.78. The van der Waals surface area contributed by atoms with Crippen LogP contribution in [0.1, 0.15) is 17.2 Å². The first-order valence-corrected chi connectivity index (χ1v) is 10.5. The quantitative estimate of drug-likeness (QED) is 0.420. The Hall–Kier alpha value is -3.78. The van der Waals surface area contributed by atoms with Crippen LogP contribution in [-0.4, -0.2) is 58.4 Å². The maximum Gasteiger partial charge on any atom is 0.406 e. The number of aromatic nitrogens is 1. The molecule has 164 valence electrons. The zero-order valence-corrected chi connectivity index (χ0v) is 17.5. The van der Waals surface area contributed by atoms with E-state index in [0.717, 1.165) is 0 Å². The highest BCUT2D eigenvalue weighted by Gasteiger charge is 2.28. The van der Waals surface area contributed by atoms with Crippen LogP contribution in [0.5, 0.6) is 5.75 Å². The average Bonchev–Trinajstić information content (AvgIpc) is 2.84. The maximum atomic E-state index is 12.7. The first-order chi connectivity index (χ1) is 15.6. The van der Waals surface area contributed by atoms with E-state index in [1.165, 1.54) is 23.4 Å². The molecule has 0 N–H and O–H groups in total. The van der Waals surface area contributed by atoms with Gasteiger partial charge in [0.15, 0.2) is 6.61 Å². The molecule has 0 radical (unpaired) electrons. The van der Waals surface area contributed by atoms with Gasteiger partial charge in [0.05, 0.1) is 6.04 Å². The highest BCUT2D eigenvalue weighted by atomic mass is 16.6. The second-order valence-corrected chi connectivity index (χ2v) is 7.51. The van der Waals surface area contributed by atoms with Gasteiger partial charge >= 0.3 is 5.82 Å². The summed E-state index contributed by atoms with van der Waals surface area (Å²) in [4.78, 5) is 30.9. The molecular weight excluding hydrogens is 408 g/mol. The Morgan fingerprint density at radius 3 is 2.09 bits per heavy atom. The molecule has 4 rings (SSSR count). The Bertz CT molecular complexity index is 1010. The van der Waals surface area contributed by atoms with E-state index >= 15 is 0 Å². The molecule has 0 atom stereocenters. The van der Waals surface area contributed by atoms with Crippen LogP contribution in [0, 0.1) is 10.1 Å². The van der Waals surface area contributed by atoms with Crippen molar-refractivity contribution in [3.63, 3.8) is 0 Å². The van der Waals surface area contributed by atoms with Crippen LogP contribution in [0.3, 0.4) is 0 Å². The van der Waals surface area contributed by atoms with Gasteiger partial charge in [-0.1, -0.05) is 60.7 Å². The maximum absolute atomic E-state index is 12.7. The van der Waals surface area contributed by atoms with E-state index in [0.29, 0.717) is 26.2 Å². The molecule has 1 aromatic heterocycles. The van der Waals surface area contributed by atoms with Gasteiger partial charge in [0.2, 0.25) is 5.75 Å². The van der Waals surface area contributed by atoms with E-state index in [-0.39, 0.29) is 24.3 Å². The number of hydrogen-bond donors (Lipinski definition) is 0. The predicted octanol–water partition coefficient (Wildman–Crippen LogP) is 3.30. The third-order valence-corrected chi connectivity index (χ3v) is 5.54. The van der Waals surface area contributed by atoms with Crippen LogP contribution < -0.4 is 4.74 Å². The summed E-state index contributed by atoms with van der Waals surface area (Å²) in [5.41, 5.74) is 2.43. The lowest BCUT2D eigenvalue weighted by Gasteiger charge is -2.39. The van der Waals surface area contributed by atoms with Crippen LogP contribution in [0.2, 0.25) is 0 Å². The van der Waals surface area contributed by atoms with Gasteiger partial charge in [-0.3, -0.25) is 9.69 Å². The van der Waals surface area contributed by atoms with Gasteiger partial charge in [0.1, 0.15) is 6.20 Å². The van der Waals surface area contributed by atoms with Gasteiger partial charge in [0.25, 0.3) is 5.91 Å². The lowest BCUT2D eigenvalue weighted by molar-refractivity contribution is -0.390. The second kappa shape index (κ2) is 10.0. The summed E-state index contributed by atoms with van der Waals surface area (Å²) in [5.74, 6) is -0.588. The monoisotopic (exact) mass is 432 g/mol. The molecule has 1 aliphatic rings. The molecule has 2 heterocycles. The van der Waals surface area contributed by atoms with Crippen molar-refractivity contribution in [2.24, 2.45) is 0 Å². The Morgan fingerprint density at radius 2 is 1.53 bits per heavy atom. The number of amides is 1. The lowest BCUT2D eigenvalue weighted by atomic mass is 9.96. The number of piperazine rings is 1. The average molecular weight is 432 g/mol. The highest BCUT2D eigenvalue weighted by Crippen LogP contribution is 2.29. The lowest BCUT2D eigenvalue weighted by Crippen LogP contribution is -2.51. The molecule has 0 bridgehead atoms. The molecule has 8 heteroatoms. The van der Waals surface area contributed by atoms with Crippen molar-refractivity contribution in [3.8, 4) is 5.75 Å². The van der Waals surface area contributed by atoms with E-state index in [1.807, 2.05) is 36.4 Å². The van der Waals surface area contributed by atoms with Crippen LogP contribution in [-0.2, 0) is 4.79 Å². The number of carbonyl (C=O) groups excluding carboxylic acids is 1. The normalized spacial score (nSPS) is 14.3. The molecule has 0 unspecified atom stereocenters. The summed E-state index contributed by atoms with van der Waals surface area (Å²) < 4.78 is 5.42. The molecular formula is C24H24N4O4. The Labute approximate surface area is 186 Å². The summed E-state index contributed by atoms with van der Waals surface area (Å²) in [7, 11) is 0. The first kappa shape index (κ1) is 21.5. The summed E-state index contributed by atoms with van der Waals surface area (Å²) in [5, 5.41) is 11.1. The van der Waals surface area contributed by atoms with Crippen molar-refractivity contribution >= 4 is 11.7 Å². The SMILES string of the molecule is O=C(COc1cccnc1[N+](=O)[O-])N1CCN(C(c2ccccc2)c2ccccc2)CC1. The van der Waals surface area contributed by atoms with Gasteiger partial charge in [-0.25, -0.2) is 0 Å². The molecule has 2 aromatic carbocycles. The van der Waals surface area contributed by atoms with Crippen LogP contribution in [0.25, 0.3) is 0 Å². The minimum atomic E-state index is -0.619. The van der Waals surface area contributed by atoms with Crippen molar-refractivity contribution in [2.45, 2.75) is 6.04 Å². The van der Waals surface area contributed by atoms with E-state index in [2.05, 4.69) is 34.1 Å². The molecule has 0 saturated carbocycles. The van der Waals surface area contributed by atoms with E-state index in [4.69, 9.17) is 4.74 Å². The number of nitro groups is 1. The smallest absolute Gasteiger partial charge is 0.406 e. The number of pyridine rings is 1. The molecule has 0 spiro atoms. The summed E-state index contributed by atoms with van der Waals surface area (Å²) >= 11 is 0. The van der Waals surface area contributed by atoms with Gasteiger partial charge in [-0.05, 0) is 33.2 Å². The number of rotatable bonds is 7. The molecule has 3 aromatic rings. The first-order valence-electron chi connectivity index (χ1n) is 10.5. The summed E-state index contributed by atoms with van der Waals surface area (Å²) in [6.07, 6.45) is 1.32. The van der Waals surface area contributed by atoms with Crippen molar-refractivity contribution in [1.82, 2.24) is 14.8 Å². The Morgan fingerprint density at radius 1 is 0.938 bits per heavy atom. The van der Waals surface area contributed by atoms with E-state index in [1.54, 1.807) is 11.0 Å². The van der Waals surface area contributed by atoms with Crippen molar-refractivity contribution in [1.29, 1.82) is 0 Å². The largest absolute Gasteiger partial charge is 0.476 e. The Balaban J connectivity index is 1.39. The molecule has 1 fully saturated rings. The topological polar surface area (TPSA) is 88.8 Å². The zero-order chi connectivity index (χ0) is 22.3. The number of ether oxygens (including phenoxy) is 1. The van der Waals surface area contributed by atoms with Crippen LogP contribution in [0.4, 0.5) is 5.82 Å². The summed E-state index contributed by atoms with van der Waals surface area (Å²) in [6.45, 7) is 2.30. The Kier molecular flexibility index (Phi) is 6.72. The van der Waals surface area contributed by atoms with Crippen molar-refractivity contribution in [3.05, 3.63) is 100 Å². The second-order valence-electron chi connectivity index (χ2n) is 7.51. The number of benzene rings is 2. The van der Waals surface area contributed by atoms with Crippen LogP contribution in [0.15, 0.2) is 79.0 Å². The fraction of sp³-hybridized carbons (Fsp3) is 0.250. The fourth-order valence-corrected chi connectivity index (χ4v) is 3.98. The number of hydrogen-bond acceptors (Lipinski definition) is 6. The predicted molar refractivity (Wildman–Crippen MR) is 119 cm³/mol. The molecule has 32 heavy (non-hydrogen) atoms. The minimum absolute atomic E-state index is 0.00212. The zero-order valence-electron chi connectivity index (χ0n) is 17.5. The van der Waals surface area contributed by atoms with Gasteiger partial charge < -0.3 is 19.8 Å². The van der Waals surface area contributed by atoms with Crippen LogP contribution >= 0.6 is 0 Å². The summed E-state index contributed by atoms with van der Waals surface area (Å²) in [6, 6.07) is 23.8. The van der Waals surface area contributed by atoms with Gasteiger partial charge in [-0.15, -0.1) is 0 Å². The van der Waals surface area contributed by atoms with Gasteiger partial charge in [0, 0.05) is 26.2 Å². The van der Waals surface area contributed by atoms with Crippen molar-refractivity contribution < 1.29 is 14.5 Å². The molecule has 0 aliphatic carbocycles. The van der Waals surface area contributed by atoms with E-state index in [9.17, 15) is 14.9 Å². The number of carbonyl (C=O) groups is 1. The molecule has 1 amide bonds. The third kappa shape index (κ3) is 4.92. The molecule has 1 saturated heterocycles. The van der Waals surface area contributed by atoms with Crippen molar-refractivity contribution in [2.75, 3.05) is 32.8 Å². The number of nitrogens with zero attached hydrogens (tertiary/aromatic N) is 4. The van der Waals surface area contributed by atoms with E-state index < -0.39 is 10.7 Å². The minimum Gasteiger partial charge on any atom is -0.476 e. The standard InChI is InChI=1S/C24H24N4O4/c29-22(18-32-21-12-7-13-25-24(21)28(30)31)26-14-16-27(17-15-26)23(19-8-3-1-4-9-19)20-10-5-2-6-11-20/h1-13,23H,14-18H2.